The van der Waals surface area contributed by atoms with Crippen LogP contribution in [0.15, 0.2) is 85.1 Å². The summed E-state index contributed by atoms with van der Waals surface area (Å²) in [6.07, 6.45) is 6.29. The fraction of sp³-hybridized carbons (Fsp3) is 0.0370. The van der Waals surface area contributed by atoms with Gasteiger partial charge in [0.1, 0.15) is 11.6 Å². The second-order valence-corrected chi connectivity index (χ2v) is 7.72. The van der Waals surface area contributed by atoms with Crippen molar-refractivity contribution in [2.45, 2.75) is 0 Å². The summed E-state index contributed by atoms with van der Waals surface area (Å²) in [5.41, 5.74) is 8.50. The summed E-state index contributed by atoms with van der Waals surface area (Å²) in [5.74, 6) is 0. The number of para-hydroxylation sites is 4. The molecule has 0 N–H and O–H groups in total. The third kappa shape index (κ3) is 2.50. The van der Waals surface area contributed by atoms with Gasteiger partial charge in [-0.3, -0.25) is 4.40 Å². The molecule has 1 aliphatic rings. The normalized spacial score (nSPS) is 14.5. The average molecular weight is 398 g/mol. The summed E-state index contributed by atoms with van der Waals surface area (Å²) < 4.78 is 2.10. The first-order valence-electron chi connectivity index (χ1n) is 10.2. The predicted molar refractivity (Wildman–Crippen MR) is 127 cm³/mol. The van der Waals surface area contributed by atoms with Crippen LogP contribution in [-0.4, -0.2) is 16.4 Å². The van der Waals surface area contributed by atoms with Crippen LogP contribution < -0.4 is 4.90 Å². The zero-order chi connectivity index (χ0) is 20.9. The van der Waals surface area contributed by atoms with Crippen LogP contribution in [0, 0.1) is 11.3 Å². The maximum absolute atomic E-state index is 10.2. The van der Waals surface area contributed by atoms with E-state index in [4.69, 9.17) is 4.98 Å². The Hall–Kier alpha value is -4.36. The van der Waals surface area contributed by atoms with Gasteiger partial charge in [0, 0.05) is 35.4 Å². The molecule has 2 aromatic heterocycles. The van der Waals surface area contributed by atoms with Crippen molar-refractivity contribution >= 4 is 44.9 Å². The van der Waals surface area contributed by atoms with Gasteiger partial charge in [0.05, 0.1) is 16.6 Å². The third-order valence-corrected chi connectivity index (χ3v) is 5.97. The van der Waals surface area contributed by atoms with Gasteiger partial charge in [-0.2, -0.15) is 5.26 Å². The number of rotatable bonds is 1. The molecule has 146 valence electrons. The summed E-state index contributed by atoms with van der Waals surface area (Å²) in [4.78, 5) is 6.94. The molecule has 5 aromatic rings. The topological polar surface area (TPSA) is 44.3 Å². The van der Waals surface area contributed by atoms with Crippen molar-refractivity contribution in [2.24, 2.45) is 0 Å². The first-order chi connectivity index (χ1) is 15.3. The molecule has 0 unspecified atom stereocenters. The summed E-state index contributed by atoms with van der Waals surface area (Å²) in [5, 5.41) is 11.2. The monoisotopic (exact) mass is 398 g/mol. The second kappa shape index (κ2) is 6.58. The molecule has 0 amide bonds. The molecule has 4 nitrogen and oxygen atoms in total. The number of fused-ring (bicyclic) bond motifs is 6. The lowest BCUT2D eigenvalue weighted by atomic mass is 9.95. The second-order valence-electron chi connectivity index (χ2n) is 7.72. The van der Waals surface area contributed by atoms with Crippen molar-refractivity contribution in [2.75, 3.05) is 11.9 Å². The number of pyridine rings is 1. The van der Waals surface area contributed by atoms with E-state index in [0.29, 0.717) is 11.2 Å². The Balaban J connectivity index is 1.75. The van der Waals surface area contributed by atoms with Gasteiger partial charge in [0.25, 0.3) is 0 Å². The Kier molecular flexibility index (Phi) is 3.71. The molecule has 31 heavy (non-hydrogen) atoms. The molecule has 3 heterocycles. The number of nitriles is 1. The van der Waals surface area contributed by atoms with E-state index in [1.807, 2.05) is 49.5 Å². The number of nitrogens with zero attached hydrogens (tertiary/aromatic N) is 4. The van der Waals surface area contributed by atoms with Crippen LogP contribution in [0.4, 0.5) is 5.69 Å². The smallest absolute Gasteiger partial charge is 0.157 e. The minimum absolute atomic E-state index is 0.590. The molecule has 0 bridgehead atoms. The van der Waals surface area contributed by atoms with Crippen LogP contribution in [0.1, 0.15) is 16.7 Å². The molecule has 0 saturated carbocycles. The highest BCUT2D eigenvalue weighted by atomic mass is 15.1. The highest BCUT2D eigenvalue weighted by Gasteiger charge is 2.19. The van der Waals surface area contributed by atoms with E-state index in [1.165, 1.54) is 0 Å². The van der Waals surface area contributed by atoms with E-state index >= 15 is 0 Å². The number of aromatic nitrogens is 2. The molecule has 0 spiro atoms. The van der Waals surface area contributed by atoms with Gasteiger partial charge in [0.2, 0.25) is 0 Å². The Morgan fingerprint density at radius 2 is 1.65 bits per heavy atom. The number of anilines is 1. The Bertz CT molecular complexity index is 1610. The summed E-state index contributed by atoms with van der Waals surface area (Å²) in [7, 11) is 2.05. The Labute approximate surface area is 179 Å². The van der Waals surface area contributed by atoms with Crippen LogP contribution in [0.2, 0.25) is 0 Å². The predicted octanol–water partition coefficient (Wildman–Crippen LogP) is 6.02. The number of hydrogen-bond acceptors (Lipinski definition) is 3. The van der Waals surface area contributed by atoms with E-state index in [-0.39, 0.29) is 0 Å². The maximum Gasteiger partial charge on any atom is 0.157 e. The van der Waals surface area contributed by atoms with Gasteiger partial charge >= 0.3 is 0 Å². The molecule has 6 rings (SSSR count). The van der Waals surface area contributed by atoms with Crippen molar-refractivity contribution in [3.05, 3.63) is 102 Å². The first-order valence-corrected chi connectivity index (χ1v) is 10.2. The number of allylic oxidation sites excluding steroid dienone is 2. The van der Waals surface area contributed by atoms with Crippen LogP contribution in [0.25, 0.3) is 39.2 Å². The molecule has 3 aromatic carbocycles. The lowest BCUT2D eigenvalue weighted by molar-refractivity contribution is 1.18. The molecule has 0 radical (unpaired) electrons. The molecule has 0 fully saturated rings. The van der Waals surface area contributed by atoms with Gasteiger partial charge in [-0.25, -0.2) is 4.98 Å². The zero-order valence-corrected chi connectivity index (χ0v) is 16.9. The molecule has 0 saturated heterocycles. The number of benzene rings is 3. The maximum atomic E-state index is 10.2. The summed E-state index contributed by atoms with van der Waals surface area (Å²) >= 11 is 0. The molecule has 0 atom stereocenters. The van der Waals surface area contributed by atoms with Gasteiger partial charge in [-0.05, 0) is 42.0 Å². The molecule has 1 aliphatic heterocycles. The quantitative estimate of drug-likeness (QED) is 0.347. The van der Waals surface area contributed by atoms with Gasteiger partial charge < -0.3 is 4.90 Å². The highest BCUT2D eigenvalue weighted by molar-refractivity contribution is 6.04. The van der Waals surface area contributed by atoms with E-state index in [0.717, 1.165) is 44.3 Å². The van der Waals surface area contributed by atoms with Crippen LogP contribution in [-0.2, 0) is 0 Å². The first kappa shape index (κ1) is 17.5. The van der Waals surface area contributed by atoms with E-state index in [2.05, 4.69) is 64.1 Å². The Morgan fingerprint density at radius 3 is 2.52 bits per heavy atom. The van der Waals surface area contributed by atoms with Crippen LogP contribution in [0.5, 0.6) is 0 Å². The van der Waals surface area contributed by atoms with Gasteiger partial charge in [0.15, 0.2) is 5.65 Å². The fourth-order valence-corrected chi connectivity index (χ4v) is 4.52. The SMILES string of the molecule is CN1C=C/C(=C\c2c(C#N)c3nc4ccccc4n3c3ccccc23)c2ccccc21. The van der Waals surface area contributed by atoms with Crippen molar-refractivity contribution in [1.29, 1.82) is 5.26 Å². The molecule has 4 heteroatoms. The number of imidazole rings is 1. The number of hydrogen-bond donors (Lipinski definition) is 0. The third-order valence-electron chi connectivity index (χ3n) is 5.97. The minimum atomic E-state index is 0.590. The average Bonchev–Trinajstić information content (AvgIpc) is 3.20. The minimum Gasteiger partial charge on any atom is -0.351 e. The highest BCUT2D eigenvalue weighted by Crippen LogP contribution is 2.36. The molecule has 0 aliphatic carbocycles. The lowest BCUT2D eigenvalue weighted by Crippen LogP contribution is -2.13. The van der Waals surface area contributed by atoms with Crippen molar-refractivity contribution in [3.8, 4) is 6.07 Å². The zero-order valence-electron chi connectivity index (χ0n) is 16.9. The van der Waals surface area contributed by atoms with E-state index in [9.17, 15) is 5.26 Å². The Morgan fingerprint density at radius 1 is 0.903 bits per heavy atom. The molecular weight excluding hydrogens is 380 g/mol. The summed E-state index contributed by atoms with van der Waals surface area (Å²) in [6.45, 7) is 0. The van der Waals surface area contributed by atoms with Crippen LogP contribution in [0.3, 0.4) is 0 Å². The fourth-order valence-electron chi connectivity index (χ4n) is 4.52. The van der Waals surface area contributed by atoms with E-state index < -0.39 is 0 Å². The van der Waals surface area contributed by atoms with Gasteiger partial charge in [-0.1, -0.05) is 48.5 Å². The van der Waals surface area contributed by atoms with E-state index in [1.54, 1.807) is 0 Å². The van der Waals surface area contributed by atoms with Crippen LogP contribution >= 0.6 is 0 Å². The largest absolute Gasteiger partial charge is 0.351 e. The van der Waals surface area contributed by atoms with Crippen molar-refractivity contribution in [3.63, 3.8) is 0 Å². The van der Waals surface area contributed by atoms with Crippen molar-refractivity contribution < 1.29 is 0 Å². The molecular formula is C27H18N4. The summed E-state index contributed by atoms with van der Waals surface area (Å²) in [6, 6.07) is 27.0. The van der Waals surface area contributed by atoms with Gasteiger partial charge in [-0.15, -0.1) is 0 Å². The lowest BCUT2D eigenvalue weighted by Gasteiger charge is -2.24. The standard InChI is InChI=1S/C27H18N4/c1-30-15-14-18(19-8-2-5-11-24(19)30)16-21-20-9-3-6-12-25(20)31-26-13-7-4-10-23(26)29-27(31)22(21)17-28/h2-16H,1H3/b18-16+. The van der Waals surface area contributed by atoms with Crippen molar-refractivity contribution in [1.82, 2.24) is 9.38 Å².